The van der Waals surface area contributed by atoms with E-state index in [1.807, 2.05) is 28.8 Å². The number of sulfonamides is 1. The molecular weight excluding hydrogens is 430 g/mol. The zero-order chi connectivity index (χ0) is 22.0. The number of fused-ring (bicyclic) bond motifs is 1. The molecule has 0 saturated heterocycles. The van der Waals surface area contributed by atoms with Crippen LogP contribution in [0.3, 0.4) is 0 Å². The standard InChI is InChI=1S/C23H25N3O3S2/c1-3-16-26-20-10-6-7-11-21(20)30-23(26)24-22(27)17-12-14-19(15-13-17)31(28,29)25(2)18-8-4-5-9-18/h3,6-7,10-15,18H,1,4-5,8-9,16H2,2H3. The summed E-state index contributed by atoms with van der Waals surface area (Å²) < 4.78 is 30.3. The summed E-state index contributed by atoms with van der Waals surface area (Å²) in [5, 5.41) is 0. The van der Waals surface area contributed by atoms with Crippen molar-refractivity contribution in [2.45, 2.75) is 43.2 Å². The molecule has 0 atom stereocenters. The Labute approximate surface area is 186 Å². The maximum Gasteiger partial charge on any atom is 0.279 e. The van der Waals surface area contributed by atoms with Crippen molar-refractivity contribution in [3.8, 4) is 0 Å². The molecule has 0 unspecified atom stereocenters. The van der Waals surface area contributed by atoms with E-state index in [4.69, 9.17) is 0 Å². The number of nitrogens with zero attached hydrogens (tertiary/aromatic N) is 3. The number of carbonyl (C=O) groups excluding carboxylic acids is 1. The van der Waals surface area contributed by atoms with Crippen LogP contribution < -0.4 is 4.80 Å². The van der Waals surface area contributed by atoms with Crippen molar-refractivity contribution in [1.29, 1.82) is 0 Å². The number of aromatic nitrogens is 1. The van der Waals surface area contributed by atoms with E-state index in [2.05, 4.69) is 11.6 Å². The first kappa shape index (κ1) is 21.7. The van der Waals surface area contributed by atoms with E-state index >= 15 is 0 Å². The molecule has 4 rings (SSSR count). The molecule has 0 bridgehead atoms. The number of amides is 1. The third-order valence-electron chi connectivity index (χ3n) is 5.71. The SMILES string of the molecule is C=CCn1c(=NC(=O)c2ccc(S(=O)(=O)N(C)C3CCCC3)cc2)sc2ccccc21. The fraction of sp³-hybridized carbons (Fsp3) is 0.304. The van der Waals surface area contributed by atoms with Crippen molar-refractivity contribution in [3.63, 3.8) is 0 Å². The van der Waals surface area contributed by atoms with E-state index in [9.17, 15) is 13.2 Å². The van der Waals surface area contributed by atoms with Gasteiger partial charge in [-0.3, -0.25) is 4.79 Å². The van der Waals surface area contributed by atoms with Crippen molar-refractivity contribution in [3.05, 3.63) is 71.6 Å². The van der Waals surface area contributed by atoms with Crippen molar-refractivity contribution in [2.75, 3.05) is 7.05 Å². The maximum atomic E-state index is 12.9. The molecule has 3 aromatic rings. The third-order valence-corrected chi connectivity index (χ3v) is 8.70. The number of hydrogen-bond donors (Lipinski definition) is 0. The lowest BCUT2D eigenvalue weighted by molar-refractivity contribution is 0.0997. The van der Waals surface area contributed by atoms with Crippen LogP contribution in [0.4, 0.5) is 0 Å². The number of allylic oxidation sites excluding steroid dienone is 1. The van der Waals surface area contributed by atoms with E-state index in [-0.39, 0.29) is 10.9 Å². The topological polar surface area (TPSA) is 71.7 Å². The van der Waals surface area contributed by atoms with Gasteiger partial charge in [-0.25, -0.2) is 8.42 Å². The van der Waals surface area contributed by atoms with Gasteiger partial charge in [0.05, 0.1) is 15.1 Å². The highest BCUT2D eigenvalue weighted by molar-refractivity contribution is 7.89. The molecule has 2 aromatic carbocycles. The first-order chi connectivity index (χ1) is 14.9. The monoisotopic (exact) mass is 455 g/mol. The second-order valence-corrected chi connectivity index (χ2v) is 10.7. The van der Waals surface area contributed by atoms with Crippen molar-refractivity contribution in [1.82, 2.24) is 8.87 Å². The Hall–Kier alpha value is -2.55. The van der Waals surface area contributed by atoms with Gasteiger partial charge in [0.1, 0.15) is 0 Å². The molecule has 1 aromatic heterocycles. The Bertz CT molecular complexity index is 1280. The molecule has 31 heavy (non-hydrogen) atoms. The minimum absolute atomic E-state index is 0.0505. The van der Waals surface area contributed by atoms with Crippen LogP contribution >= 0.6 is 11.3 Å². The zero-order valence-electron chi connectivity index (χ0n) is 17.4. The van der Waals surface area contributed by atoms with Crippen LogP contribution in [0.5, 0.6) is 0 Å². The molecular formula is C23H25N3O3S2. The van der Waals surface area contributed by atoms with Gasteiger partial charge in [-0.2, -0.15) is 9.30 Å². The summed E-state index contributed by atoms with van der Waals surface area (Å²) in [5.41, 5.74) is 1.35. The molecule has 0 N–H and O–H groups in total. The first-order valence-electron chi connectivity index (χ1n) is 10.3. The van der Waals surface area contributed by atoms with Crippen molar-refractivity contribution < 1.29 is 13.2 Å². The number of carbonyl (C=O) groups is 1. The lowest BCUT2D eigenvalue weighted by atomic mass is 10.2. The highest BCUT2D eigenvalue weighted by Crippen LogP contribution is 2.27. The number of para-hydroxylation sites is 1. The molecule has 0 aliphatic heterocycles. The van der Waals surface area contributed by atoms with E-state index < -0.39 is 15.9 Å². The smallest absolute Gasteiger partial charge is 0.279 e. The van der Waals surface area contributed by atoms with Gasteiger partial charge in [-0.1, -0.05) is 42.4 Å². The van der Waals surface area contributed by atoms with E-state index in [0.29, 0.717) is 16.9 Å². The Morgan fingerprint density at radius 1 is 1.19 bits per heavy atom. The number of thiazole rings is 1. The second-order valence-electron chi connectivity index (χ2n) is 7.65. The summed E-state index contributed by atoms with van der Waals surface area (Å²) in [6.07, 6.45) is 5.67. The summed E-state index contributed by atoms with van der Waals surface area (Å²) >= 11 is 1.44. The predicted molar refractivity (Wildman–Crippen MR) is 124 cm³/mol. The molecule has 1 heterocycles. The van der Waals surface area contributed by atoms with Crippen LogP contribution in [0.2, 0.25) is 0 Å². The molecule has 1 fully saturated rings. The van der Waals surface area contributed by atoms with Gasteiger partial charge in [0.2, 0.25) is 10.0 Å². The lowest BCUT2D eigenvalue weighted by Gasteiger charge is -2.23. The van der Waals surface area contributed by atoms with Crippen molar-refractivity contribution >= 4 is 37.5 Å². The quantitative estimate of drug-likeness (QED) is 0.523. The van der Waals surface area contributed by atoms with Crippen LogP contribution in [0.1, 0.15) is 36.0 Å². The van der Waals surface area contributed by atoms with Gasteiger partial charge in [0.25, 0.3) is 5.91 Å². The summed E-state index contributed by atoms with van der Waals surface area (Å²) in [6.45, 7) is 4.33. The highest BCUT2D eigenvalue weighted by atomic mass is 32.2. The molecule has 6 nitrogen and oxygen atoms in total. The zero-order valence-corrected chi connectivity index (χ0v) is 19.0. The summed E-state index contributed by atoms with van der Waals surface area (Å²) in [4.78, 5) is 17.9. The molecule has 1 aliphatic rings. The molecule has 1 saturated carbocycles. The Balaban J connectivity index is 1.63. The largest absolute Gasteiger partial charge is 0.312 e. The number of benzene rings is 2. The van der Waals surface area contributed by atoms with Crippen LogP contribution in [-0.4, -0.2) is 36.3 Å². The van der Waals surface area contributed by atoms with Gasteiger partial charge in [0.15, 0.2) is 4.80 Å². The third kappa shape index (κ3) is 4.28. The van der Waals surface area contributed by atoms with Crippen LogP contribution in [0.25, 0.3) is 10.2 Å². The molecule has 0 radical (unpaired) electrons. The summed E-state index contributed by atoms with van der Waals surface area (Å²) in [5.74, 6) is -0.405. The second kappa shape index (κ2) is 8.90. The normalized spacial score (nSPS) is 15.7. The van der Waals surface area contributed by atoms with Crippen molar-refractivity contribution in [2.24, 2.45) is 4.99 Å². The van der Waals surface area contributed by atoms with E-state index in [0.717, 1.165) is 35.9 Å². The average molecular weight is 456 g/mol. The van der Waals surface area contributed by atoms with Gasteiger partial charge in [-0.15, -0.1) is 6.58 Å². The van der Waals surface area contributed by atoms with Crippen LogP contribution in [-0.2, 0) is 16.6 Å². The molecule has 162 valence electrons. The first-order valence-corrected chi connectivity index (χ1v) is 12.5. The number of hydrogen-bond acceptors (Lipinski definition) is 4. The minimum atomic E-state index is -3.58. The minimum Gasteiger partial charge on any atom is -0.312 e. The maximum absolute atomic E-state index is 12.9. The molecule has 8 heteroatoms. The van der Waals surface area contributed by atoms with Crippen LogP contribution in [0.15, 0.2) is 71.1 Å². The van der Waals surface area contributed by atoms with Crippen LogP contribution in [0, 0.1) is 0 Å². The number of rotatable bonds is 6. The molecule has 1 amide bonds. The Morgan fingerprint density at radius 2 is 1.87 bits per heavy atom. The summed E-state index contributed by atoms with van der Waals surface area (Å²) in [7, 11) is -1.94. The molecule has 1 aliphatic carbocycles. The Kier molecular flexibility index (Phi) is 6.22. The predicted octanol–water partition coefficient (Wildman–Crippen LogP) is 4.19. The Morgan fingerprint density at radius 3 is 2.55 bits per heavy atom. The lowest BCUT2D eigenvalue weighted by Crippen LogP contribution is -2.35. The van der Waals surface area contributed by atoms with E-state index in [1.54, 1.807) is 13.1 Å². The van der Waals surface area contributed by atoms with Gasteiger partial charge in [-0.05, 0) is 49.2 Å². The molecule has 0 spiro atoms. The average Bonchev–Trinajstić information content (AvgIpc) is 3.42. The van der Waals surface area contributed by atoms with E-state index in [1.165, 1.54) is 39.9 Å². The summed E-state index contributed by atoms with van der Waals surface area (Å²) in [6, 6.07) is 14.0. The van der Waals surface area contributed by atoms with Gasteiger partial charge >= 0.3 is 0 Å². The highest BCUT2D eigenvalue weighted by Gasteiger charge is 2.30. The van der Waals surface area contributed by atoms with Gasteiger partial charge < -0.3 is 4.57 Å². The fourth-order valence-electron chi connectivity index (χ4n) is 3.96. The van der Waals surface area contributed by atoms with Gasteiger partial charge in [0, 0.05) is 25.2 Å². The fourth-order valence-corrected chi connectivity index (χ4v) is 6.42.